The van der Waals surface area contributed by atoms with Crippen LogP contribution in [-0.2, 0) is 17.8 Å². The summed E-state index contributed by atoms with van der Waals surface area (Å²) in [4.78, 5) is 14.2. The summed E-state index contributed by atoms with van der Waals surface area (Å²) in [5.74, 6) is -0.884. The van der Waals surface area contributed by atoms with E-state index in [-0.39, 0.29) is 24.2 Å². The number of hydrogen-bond acceptors (Lipinski definition) is 5. The minimum atomic E-state index is -1.27. The van der Waals surface area contributed by atoms with E-state index >= 15 is 0 Å². The van der Waals surface area contributed by atoms with Gasteiger partial charge in [0.15, 0.2) is 0 Å². The summed E-state index contributed by atoms with van der Waals surface area (Å²) >= 11 is 0. The van der Waals surface area contributed by atoms with Gasteiger partial charge < -0.3 is 21.1 Å². The normalized spacial score (nSPS) is 21.0. The number of phenolic OH excluding ortho intramolecular Hbond substituents is 1. The fourth-order valence-corrected chi connectivity index (χ4v) is 3.97. The van der Waals surface area contributed by atoms with Crippen molar-refractivity contribution in [1.29, 1.82) is 0 Å². The van der Waals surface area contributed by atoms with E-state index in [0.29, 0.717) is 25.7 Å². The fraction of sp³-hybridized carbons (Fsp3) is 0.632. The summed E-state index contributed by atoms with van der Waals surface area (Å²) in [6.45, 7) is 3.77. The van der Waals surface area contributed by atoms with E-state index in [2.05, 4.69) is 11.8 Å². The SMILES string of the molecule is BC(CCCO)C(N)(CCC1Cc2ccc(O)cc2CN1CC)C(=O)O. The number of carboxylic acid groups (broad SMARTS) is 1. The van der Waals surface area contributed by atoms with Crippen LogP contribution in [0.5, 0.6) is 5.75 Å². The maximum Gasteiger partial charge on any atom is 0.323 e. The Hall–Kier alpha value is -1.57. The van der Waals surface area contributed by atoms with Crippen molar-refractivity contribution in [3.63, 3.8) is 0 Å². The second-order valence-corrected chi connectivity index (χ2v) is 7.53. The van der Waals surface area contributed by atoms with E-state index in [0.717, 1.165) is 25.1 Å². The largest absolute Gasteiger partial charge is 0.508 e. The van der Waals surface area contributed by atoms with Crippen LogP contribution >= 0.6 is 0 Å². The first-order chi connectivity index (χ1) is 12.3. The van der Waals surface area contributed by atoms with Crippen LogP contribution < -0.4 is 5.73 Å². The Labute approximate surface area is 156 Å². The zero-order valence-corrected chi connectivity index (χ0v) is 15.8. The van der Waals surface area contributed by atoms with Gasteiger partial charge in [-0.1, -0.05) is 19.4 Å². The van der Waals surface area contributed by atoms with Gasteiger partial charge in [-0.2, -0.15) is 0 Å². The van der Waals surface area contributed by atoms with Crippen molar-refractivity contribution in [1.82, 2.24) is 4.90 Å². The van der Waals surface area contributed by atoms with Crippen molar-refractivity contribution >= 4 is 13.8 Å². The van der Waals surface area contributed by atoms with Gasteiger partial charge in [-0.15, -0.1) is 0 Å². The van der Waals surface area contributed by atoms with Crippen LogP contribution in [0.25, 0.3) is 0 Å². The van der Waals surface area contributed by atoms with E-state index in [9.17, 15) is 15.0 Å². The molecule has 3 unspecified atom stereocenters. The average Bonchev–Trinajstić information content (AvgIpc) is 2.62. The predicted molar refractivity (Wildman–Crippen MR) is 104 cm³/mol. The van der Waals surface area contributed by atoms with Gasteiger partial charge in [-0.05, 0) is 61.3 Å². The van der Waals surface area contributed by atoms with Crippen LogP contribution in [0.3, 0.4) is 0 Å². The first kappa shape index (κ1) is 20.7. The molecule has 1 aliphatic heterocycles. The Bertz CT molecular complexity index is 628. The number of carbonyl (C=O) groups is 1. The second kappa shape index (κ2) is 8.89. The number of aliphatic hydroxyl groups is 1. The lowest BCUT2D eigenvalue weighted by molar-refractivity contribution is -0.144. The predicted octanol–water partition coefficient (Wildman–Crippen LogP) is 0.895. The molecule has 0 spiro atoms. The van der Waals surface area contributed by atoms with Crippen LogP contribution in [0.2, 0.25) is 5.82 Å². The first-order valence-corrected chi connectivity index (χ1v) is 9.49. The molecule has 1 aromatic rings. The standard InChI is InChI=1S/C19H31BN2O4/c1-2-22-12-14-11-16(24)6-5-13(14)10-15(22)7-8-19(21,18(25)26)17(20)4-3-9-23/h5-6,11,15,17,23-24H,2-4,7-10,12,20-21H2,1H3,(H,25,26). The fourth-order valence-electron chi connectivity index (χ4n) is 3.97. The molecular weight excluding hydrogens is 331 g/mol. The lowest BCUT2D eigenvalue weighted by Crippen LogP contribution is -2.53. The van der Waals surface area contributed by atoms with Crippen LogP contribution in [0, 0.1) is 0 Å². The zero-order chi connectivity index (χ0) is 19.3. The topological polar surface area (TPSA) is 107 Å². The number of fused-ring (bicyclic) bond motifs is 1. The van der Waals surface area contributed by atoms with Crippen molar-refractivity contribution in [2.24, 2.45) is 5.73 Å². The second-order valence-electron chi connectivity index (χ2n) is 7.53. The summed E-state index contributed by atoms with van der Waals surface area (Å²) < 4.78 is 0. The Morgan fingerprint density at radius 1 is 1.46 bits per heavy atom. The number of aliphatic carboxylic acids is 1. The van der Waals surface area contributed by atoms with E-state index < -0.39 is 11.5 Å². The lowest BCUT2D eigenvalue weighted by Gasteiger charge is -2.39. The maximum absolute atomic E-state index is 11.9. The third-order valence-corrected chi connectivity index (χ3v) is 5.91. The molecule has 0 amide bonds. The molecule has 0 radical (unpaired) electrons. The highest BCUT2D eigenvalue weighted by Crippen LogP contribution is 2.33. The number of benzene rings is 1. The third kappa shape index (κ3) is 4.58. The number of nitrogens with zero attached hydrogens (tertiary/aromatic N) is 1. The molecule has 1 aliphatic rings. The summed E-state index contributed by atoms with van der Waals surface area (Å²) in [5.41, 5.74) is 7.38. The van der Waals surface area contributed by atoms with Crippen molar-refractivity contribution < 1.29 is 20.1 Å². The van der Waals surface area contributed by atoms with Crippen molar-refractivity contribution in [2.75, 3.05) is 13.2 Å². The monoisotopic (exact) mass is 362 g/mol. The number of aliphatic hydroxyl groups excluding tert-OH is 1. The molecule has 5 N–H and O–H groups in total. The van der Waals surface area contributed by atoms with Crippen molar-refractivity contribution in [2.45, 2.75) is 63.0 Å². The minimum absolute atomic E-state index is 0.0515. The van der Waals surface area contributed by atoms with E-state index in [1.54, 1.807) is 6.07 Å². The molecular formula is C19H31BN2O4. The molecule has 0 saturated heterocycles. The molecule has 0 saturated carbocycles. The molecule has 0 aliphatic carbocycles. The van der Waals surface area contributed by atoms with Crippen LogP contribution in [0.15, 0.2) is 18.2 Å². The van der Waals surface area contributed by atoms with E-state index in [4.69, 9.17) is 10.8 Å². The highest BCUT2D eigenvalue weighted by Gasteiger charge is 2.40. The Kier molecular flexibility index (Phi) is 7.09. The van der Waals surface area contributed by atoms with Crippen molar-refractivity contribution in [3.05, 3.63) is 29.3 Å². The molecule has 26 heavy (non-hydrogen) atoms. The van der Waals surface area contributed by atoms with Crippen LogP contribution in [0.1, 0.15) is 43.7 Å². The van der Waals surface area contributed by atoms with Gasteiger partial charge in [0.05, 0.1) is 0 Å². The van der Waals surface area contributed by atoms with Gasteiger partial charge in [0.2, 0.25) is 0 Å². The first-order valence-electron chi connectivity index (χ1n) is 9.49. The molecule has 0 aromatic heterocycles. The number of carboxylic acids is 1. The summed E-state index contributed by atoms with van der Waals surface area (Å²) in [6.07, 6.45) is 3.12. The molecule has 7 heteroatoms. The van der Waals surface area contributed by atoms with Gasteiger partial charge in [0.1, 0.15) is 19.1 Å². The molecule has 1 heterocycles. The van der Waals surface area contributed by atoms with Crippen molar-refractivity contribution in [3.8, 4) is 5.75 Å². The van der Waals surface area contributed by atoms with Gasteiger partial charge >= 0.3 is 5.97 Å². The van der Waals surface area contributed by atoms with Gasteiger partial charge in [0.25, 0.3) is 0 Å². The summed E-state index contributed by atoms with van der Waals surface area (Å²) in [7, 11) is 1.86. The van der Waals surface area contributed by atoms with E-state index in [1.807, 2.05) is 20.0 Å². The molecule has 144 valence electrons. The molecule has 0 bridgehead atoms. The maximum atomic E-state index is 11.9. The molecule has 3 atom stereocenters. The molecule has 2 rings (SSSR count). The highest BCUT2D eigenvalue weighted by molar-refractivity contribution is 6.15. The number of rotatable bonds is 9. The number of likely N-dealkylation sites (N-methyl/N-ethyl adjacent to an activating group) is 1. The summed E-state index contributed by atoms with van der Waals surface area (Å²) in [5, 5.41) is 28.4. The molecule has 6 nitrogen and oxygen atoms in total. The van der Waals surface area contributed by atoms with Crippen LogP contribution in [-0.4, -0.2) is 58.8 Å². The van der Waals surface area contributed by atoms with Crippen LogP contribution in [0.4, 0.5) is 0 Å². The smallest absolute Gasteiger partial charge is 0.323 e. The van der Waals surface area contributed by atoms with Gasteiger partial charge in [0, 0.05) is 19.2 Å². The quantitative estimate of drug-likeness (QED) is 0.486. The summed E-state index contributed by atoms with van der Waals surface area (Å²) in [6, 6.07) is 5.72. The average molecular weight is 362 g/mol. The molecule has 1 aromatic carbocycles. The lowest BCUT2D eigenvalue weighted by atomic mass is 9.66. The van der Waals surface area contributed by atoms with Gasteiger partial charge in [-0.3, -0.25) is 9.69 Å². The highest BCUT2D eigenvalue weighted by atomic mass is 16.4. The minimum Gasteiger partial charge on any atom is -0.508 e. The number of nitrogens with two attached hydrogens (primary N) is 1. The molecule has 0 fully saturated rings. The number of hydrogen-bond donors (Lipinski definition) is 4. The Balaban J connectivity index is 2.10. The van der Waals surface area contributed by atoms with E-state index in [1.165, 1.54) is 5.56 Å². The number of phenols is 1. The number of aromatic hydroxyl groups is 1. The van der Waals surface area contributed by atoms with Gasteiger partial charge in [-0.25, -0.2) is 0 Å². The Morgan fingerprint density at radius 3 is 2.81 bits per heavy atom. The third-order valence-electron chi connectivity index (χ3n) is 5.91. The Morgan fingerprint density at radius 2 is 2.19 bits per heavy atom. The zero-order valence-electron chi connectivity index (χ0n) is 15.8.